The highest BCUT2D eigenvalue weighted by Gasteiger charge is 2.25. The predicted octanol–water partition coefficient (Wildman–Crippen LogP) is 2.66. The zero-order valence-electron chi connectivity index (χ0n) is 11.7. The molecular weight excluding hydrogens is 260 g/mol. The number of piperidine rings is 1. The normalized spacial score (nSPS) is 23.7. The summed E-state index contributed by atoms with van der Waals surface area (Å²) >= 11 is 6.10. The molecule has 19 heavy (non-hydrogen) atoms. The Balaban J connectivity index is 2.18. The summed E-state index contributed by atoms with van der Waals surface area (Å²) in [7, 11) is 0. The lowest BCUT2D eigenvalue weighted by molar-refractivity contribution is 0.0970. The van der Waals surface area contributed by atoms with Crippen molar-refractivity contribution in [1.29, 1.82) is 0 Å². The molecular formula is C15H23ClN2O. The summed E-state index contributed by atoms with van der Waals surface area (Å²) in [6.45, 7) is 7.80. The molecule has 0 bridgehead atoms. The molecule has 0 spiro atoms. The van der Waals surface area contributed by atoms with Crippen molar-refractivity contribution in [3.63, 3.8) is 0 Å². The lowest BCUT2D eigenvalue weighted by Crippen LogP contribution is -2.42. The van der Waals surface area contributed by atoms with Crippen LogP contribution in [0.2, 0.25) is 5.02 Å². The second-order valence-corrected chi connectivity index (χ2v) is 5.77. The van der Waals surface area contributed by atoms with Gasteiger partial charge in [-0.3, -0.25) is 0 Å². The van der Waals surface area contributed by atoms with E-state index in [4.69, 9.17) is 11.6 Å². The Morgan fingerprint density at radius 3 is 2.95 bits per heavy atom. The average molecular weight is 283 g/mol. The number of anilines is 1. The minimum Gasteiger partial charge on any atom is -0.393 e. The fourth-order valence-electron chi connectivity index (χ4n) is 2.62. The number of hydrogen-bond donors (Lipinski definition) is 2. The Hall–Kier alpha value is -0.770. The van der Waals surface area contributed by atoms with Crippen LogP contribution in [0.4, 0.5) is 5.69 Å². The topological polar surface area (TPSA) is 35.5 Å². The number of hydrogen-bond acceptors (Lipinski definition) is 3. The van der Waals surface area contributed by atoms with Gasteiger partial charge in [-0.2, -0.15) is 0 Å². The van der Waals surface area contributed by atoms with Crippen LogP contribution >= 0.6 is 11.6 Å². The van der Waals surface area contributed by atoms with Crippen LogP contribution in [-0.4, -0.2) is 30.8 Å². The third kappa shape index (κ3) is 3.62. The Morgan fingerprint density at radius 1 is 1.47 bits per heavy atom. The van der Waals surface area contributed by atoms with E-state index in [2.05, 4.69) is 30.1 Å². The number of aliphatic hydroxyl groups is 1. The van der Waals surface area contributed by atoms with E-state index < -0.39 is 0 Å². The summed E-state index contributed by atoms with van der Waals surface area (Å²) in [5.74, 6) is 0.316. The second kappa shape index (κ2) is 6.60. The van der Waals surface area contributed by atoms with Gasteiger partial charge in [0.05, 0.1) is 6.10 Å². The van der Waals surface area contributed by atoms with Crippen LogP contribution in [0.25, 0.3) is 0 Å². The molecule has 0 radical (unpaired) electrons. The number of halogens is 1. The number of aliphatic hydroxyl groups excluding tert-OH is 1. The quantitative estimate of drug-likeness (QED) is 0.891. The van der Waals surface area contributed by atoms with Crippen molar-refractivity contribution in [1.82, 2.24) is 5.32 Å². The predicted molar refractivity (Wildman–Crippen MR) is 80.8 cm³/mol. The molecule has 2 atom stereocenters. The SMILES string of the molecule is CCNCc1cc(Cl)ccc1N1CCC(O)C(C)C1. The monoisotopic (exact) mass is 282 g/mol. The average Bonchev–Trinajstić information content (AvgIpc) is 2.40. The van der Waals surface area contributed by atoms with E-state index in [1.807, 2.05) is 12.1 Å². The molecule has 1 fully saturated rings. The summed E-state index contributed by atoms with van der Waals surface area (Å²) in [6.07, 6.45) is 0.672. The lowest BCUT2D eigenvalue weighted by atomic mass is 9.95. The van der Waals surface area contributed by atoms with Crippen molar-refractivity contribution in [2.75, 3.05) is 24.5 Å². The van der Waals surface area contributed by atoms with Crippen molar-refractivity contribution in [2.45, 2.75) is 32.9 Å². The van der Waals surface area contributed by atoms with Gasteiger partial charge in [0.25, 0.3) is 0 Å². The minimum absolute atomic E-state index is 0.166. The third-order valence-electron chi connectivity index (χ3n) is 3.81. The van der Waals surface area contributed by atoms with Crippen molar-refractivity contribution in [3.8, 4) is 0 Å². The first-order valence-corrected chi connectivity index (χ1v) is 7.41. The van der Waals surface area contributed by atoms with Crippen LogP contribution in [0.15, 0.2) is 18.2 Å². The molecule has 0 aromatic heterocycles. The molecule has 1 aliphatic heterocycles. The van der Waals surface area contributed by atoms with E-state index in [-0.39, 0.29) is 6.10 Å². The molecule has 0 aliphatic carbocycles. The van der Waals surface area contributed by atoms with Gasteiger partial charge in [0, 0.05) is 30.3 Å². The Bertz CT molecular complexity index is 425. The first kappa shape index (κ1) is 14.6. The molecule has 106 valence electrons. The van der Waals surface area contributed by atoms with Crippen molar-refractivity contribution >= 4 is 17.3 Å². The van der Waals surface area contributed by atoms with Crippen LogP contribution in [0.1, 0.15) is 25.8 Å². The maximum atomic E-state index is 9.84. The molecule has 0 saturated carbocycles. The molecule has 1 saturated heterocycles. The first-order chi connectivity index (χ1) is 9.11. The van der Waals surface area contributed by atoms with Crippen LogP contribution in [-0.2, 0) is 6.54 Å². The lowest BCUT2D eigenvalue weighted by Gasteiger charge is -2.37. The zero-order chi connectivity index (χ0) is 13.8. The molecule has 3 nitrogen and oxygen atoms in total. The highest BCUT2D eigenvalue weighted by molar-refractivity contribution is 6.30. The maximum Gasteiger partial charge on any atom is 0.0599 e. The van der Waals surface area contributed by atoms with Gasteiger partial charge in [0.2, 0.25) is 0 Å². The van der Waals surface area contributed by atoms with Crippen molar-refractivity contribution in [2.24, 2.45) is 5.92 Å². The van der Waals surface area contributed by atoms with E-state index in [0.717, 1.165) is 37.6 Å². The highest BCUT2D eigenvalue weighted by atomic mass is 35.5. The van der Waals surface area contributed by atoms with Gasteiger partial charge >= 0.3 is 0 Å². The smallest absolute Gasteiger partial charge is 0.0599 e. The van der Waals surface area contributed by atoms with E-state index in [0.29, 0.717) is 5.92 Å². The summed E-state index contributed by atoms with van der Waals surface area (Å²) in [6, 6.07) is 6.08. The van der Waals surface area contributed by atoms with E-state index >= 15 is 0 Å². The molecule has 2 rings (SSSR count). The maximum absolute atomic E-state index is 9.84. The van der Waals surface area contributed by atoms with Gasteiger partial charge in [0.15, 0.2) is 0 Å². The third-order valence-corrected chi connectivity index (χ3v) is 4.04. The van der Waals surface area contributed by atoms with E-state index in [9.17, 15) is 5.11 Å². The fraction of sp³-hybridized carbons (Fsp3) is 0.600. The van der Waals surface area contributed by atoms with Crippen LogP contribution in [0.5, 0.6) is 0 Å². The van der Waals surface area contributed by atoms with Gasteiger partial charge < -0.3 is 15.3 Å². The number of nitrogens with zero attached hydrogens (tertiary/aromatic N) is 1. The Labute approximate surface area is 120 Å². The van der Waals surface area contributed by atoms with E-state index in [1.165, 1.54) is 11.3 Å². The fourth-order valence-corrected chi connectivity index (χ4v) is 2.81. The number of rotatable bonds is 4. The molecule has 1 aromatic carbocycles. The molecule has 4 heteroatoms. The van der Waals surface area contributed by atoms with Crippen molar-refractivity contribution < 1.29 is 5.11 Å². The van der Waals surface area contributed by atoms with Crippen LogP contribution in [0, 0.1) is 5.92 Å². The standard InChI is InChI=1S/C15H23ClN2O/c1-3-17-9-12-8-13(16)4-5-14(12)18-7-6-15(19)11(2)10-18/h4-5,8,11,15,17,19H,3,6-7,9-10H2,1-2H3. The van der Waals surface area contributed by atoms with Crippen molar-refractivity contribution in [3.05, 3.63) is 28.8 Å². The number of nitrogens with one attached hydrogen (secondary N) is 1. The van der Waals surface area contributed by atoms with Gasteiger partial charge in [-0.05, 0) is 42.6 Å². The summed E-state index contributed by atoms with van der Waals surface area (Å²) in [4.78, 5) is 2.36. The molecule has 1 heterocycles. The zero-order valence-corrected chi connectivity index (χ0v) is 12.5. The van der Waals surface area contributed by atoms with Gasteiger partial charge in [-0.25, -0.2) is 0 Å². The molecule has 2 unspecified atom stereocenters. The van der Waals surface area contributed by atoms with Crippen LogP contribution < -0.4 is 10.2 Å². The molecule has 1 aliphatic rings. The molecule has 1 aromatic rings. The summed E-state index contributed by atoms with van der Waals surface area (Å²) in [5.41, 5.74) is 2.47. The van der Waals surface area contributed by atoms with Gasteiger partial charge in [-0.1, -0.05) is 25.4 Å². The Morgan fingerprint density at radius 2 is 2.26 bits per heavy atom. The minimum atomic E-state index is -0.166. The second-order valence-electron chi connectivity index (χ2n) is 5.33. The first-order valence-electron chi connectivity index (χ1n) is 7.04. The van der Waals surface area contributed by atoms with Crippen LogP contribution in [0.3, 0.4) is 0 Å². The number of benzene rings is 1. The molecule has 2 N–H and O–H groups in total. The molecule has 0 amide bonds. The van der Waals surface area contributed by atoms with Gasteiger partial charge in [-0.15, -0.1) is 0 Å². The summed E-state index contributed by atoms with van der Waals surface area (Å²) < 4.78 is 0. The summed E-state index contributed by atoms with van der Waals surface area (Å²) in [5, 5.41) is 14.0. The largest absolute Gasteiger partial charge is 0.393 e. The van der Waals surface area contributed by atoms with E-state index in [1.54, 1.807) is 0 Å². The highest BCUT2D eigenvalue weighted by Crippen LogP contribution is 2.28. The Kier molecular flexibility index (Phi) is 5.08. The van der Waals surface area contributed by atoms with Gasteiger partial charge in [0.1, 0.15) is 0 Å².